The molecular weight excluding hydrogens is 294 g/mol. The zero-order chi connectivity index (χ0) is 17.3. The number of amides is 1. The third-order valence-corrected chi connectivity index (χ3v) is 8.66. The van der Waals surface area contributed by atoms with Crippen LogP contribution in [-0.4, -0.2) is 5.91 Å². The van der Waals surface area contributed by atoms with Crippen molar-refractivity contribution in [2.75, 3.05) is 0 Å². The van der Waals surface area contributed by atoms with Crippen LogP contribution in [0.1, 0.15) is 66.2 Å². The first kappa shape index (κ1) is 16.4. The lowest BCUT2D eigenvalue weighted by Gasteiger charge is -2.59. The molecule has 0 aromatic carbocycles. The van der Waals surface area contributed by atoms with E-state index in [2.05, 4.69) is 39.8 Å². The second kappa shape index (κ2) is 5.22. The van der Waals surface area contributed by atoms with E-state index in [0.717, 1.165) is 29.7 Å². The van der Waals surface area contributed by atoms with Gasteiger partial charge in [0.25, 0.3) is 0 Å². The van der Waals surface area contributed by atoms with Crippen molar-refractivity contribution in [3.8, 4) is 0 Å². The fraction of sp³-hybridized carbons (Fsp3) is 0.773. The first-order valence-electron chi connectivity index (χ1n) is 9.92. The van der Waals surface area contributed by atoms with Crippen LogP contribution in [-0.2, 0) is 4.79 Å². The molecule has 0 spiro atoms. The average molecular weight is 328 g/mol. The highest BCUT2D eigenvalue weighted by atomic mass is 16.1. The second-order valence-corrected chi connectivity index (χ2v) is 10.1. The molecule has 4 rings (SSSR count). The molecule has 4 aliphatic carbocycles. The van der Waals surface area contributed by atoms with Gasteiger partial charge in [0.2, 0.25) is 5.91 Å². The van der Waals surface area contributed by atoms with E-state index in [1.54, 1.807) is 5.57 Å². The molecule has 0 heterocycles. The Labute approximate surface area is 147 Å². The van der Waals surface area contributed by atoms with Crippen molar-refractivity contribution in [1.29, 1.82) is 0 Å². The molecular formula is C22H33NO. The summed E-state index contributed by atoms with van der Waals surface area (Å²) in [5.74, 6) is 3.43. The fourth-order valence-corrected chi connectivity index (χ4v) is 6.62. The molecule has 132 valence electrons. The molecule has 4 aliphatic rings. The maximum absolute atomic E-state index is 11.7. The van der Waals surface area contributed by atoms with Crippen LogP contribution < -0.4 is 5.73 Å². The Morgan fingerprint density at radius 3 is 2.54 bits per heavy atom. The summed E-state index contributed by atoms with van der Waals surface area (Å²) >= 11 is 0. The van der Waals surface area contributed by atoms with E-state index in [-0.39, 0.29) is 5.91 Å². The van der Waals surface area contributed by atoms with Gasteiger partial charge in [-0.05, 0) is 78.9 Å². The Balaban J connectivity index is 1.65. The monoisotopic (exact) mass is 327 g/mol. The molecule has 5 unspecified atom stereocenters. The van der Waals surface area contributed by atoms with Crippen LogP contribution in [0.2, 0.25) is 0 Å². The van der Waals surface area contributed by atoms with E-state index in [1.807, 2.05) is 0 Å². The summed E-state index contributed by atoms with van der Waals surface area (Å²) in [6.45, 7) is 9.94. The number of nitrogens with two attached hydrogens (primary N) is 1. The van der Waals surface area contributed by atoms with E-state index < -0.39 is 0 Å². The van der Waals surface area contributed by atoms with Crippen LogP contribution in [0.5, 0.6) is 0 Å². The minimum atomic E-state index is -0.184. The maximum Gasteiger partial charge on any atom is 0.244 e. The quantitative estimate of drug-likeness (QED) is 0.687. The molecule has 0 aliphatic heterocycles. The Morgan fingerprint density at radius 1 is 1.08 bits per heavy atom. The fourth-order valence-electron chi connectivity index (χ4n) is 6.62. The molecule has 1 amide bonds. The van der Waals surface area contributed by atoms with E-state index in [4.69, 9.17) is 5.73 Å². The first-order valence-corrected chi connectivity index (χ1v) is 9.92. The number of hydrogen-bond donors (Lipinski definition) is 1. The van der Waals surface area contributed by atoms with Crippen molar-refractivity contribution in [3.05, 3.63) is 23.3 Å². The lowest BCUT2D eigenvalue weighted by atomic mass is 9.45. The lowest BCUT2D eigenvalue weighted by Crippen LogP contribution is -2.51. The van der Waals surface area contributed by atoms with Crippen LogP contribution in [0.25, 0.3) is 0 Å². The van der Waals surface area contributed by atoms with Crippen LogP contribution >= 0.6 is 0 Å². The van der Waals surface area contributed by atoms with Crippen LogP contribution in [0.3, 0.4) is 0 Å². The van der Waals surface area contributed by atoms with Crippen molar-refractivity contribution < 1.29 is 4.79 Å². The van der Waals surface area contributed by atoms with Crippen molar-refractivity contribution in [1.82, 2.24) is 0 Å². The number of primary amides is 1. The summed E-state index contributed by atoms with van der Waals surface area (Å²) in [4.78, 5) is 11.7. The van der Waals surface area contributed by atoms with Gasteiger partial charge >= 0.3 is 0 Å². The van der Waals surface area contributed by atoms with Crippen LogP contribution in [0.4, 0.5) is 0 Å². The molecule has 0 bridgehead atoms. The van der Waals surface area contributed by atoms with Gasteiger partial charge in [0.05, 0.1) is 0 Å². The summed E-state index contributed by atoms with van der Waals surface area (Å²) in [5.41, 5.74) is 8.97. The molecule has 0 aromatic heterocycles. The third-order valence-electron chi connectivity index (χ3n) is 8.66. The summed E-state index contributed by atoms with van der Waals surface area (Å²) in [6, 6.07) is 0. The number of rotatable bonds is 1. The molecule has 5 atom stereocenters. The van der Waals surface area contributed by atoms with Gasteiger partial charge in [0.1, 0.15) is 0 Å². The molecule has 0 radical (unpaired) electrons. The normalized spacial score (nSPS) is 42.2. The molecule has 0 aromatic rings. The van der Waals surface area contributed by atoms with Gasteiger partial charge in [-0.2, -0.15) is 0 Å². The van der Waals surface area contributed by atoms with E-state index in [9.17, 15) is 4.79 Å². The Hall–Kier alpha value is -1.05. The van der Waals surface area contributed by atoms with E-state index >= 15 is 0 Å². The molecule has 2 heteroatoms. The number of carbonyl (C=O) groups excluding carboxylic acids is 1. The minimum absolute atomic E-state index is 0.184. The predicted molar refractivity (Wildman–Crippen MR) is 98.1 cm³/mol. The summed E-state index contributed by atoms with van der Waals surface area (Å²) in [7, 11) is 0. The van der Waals surface area contributed by atoms with Gasteiger partial charge in [-0.15, -0.1) is 0 Å². The van der Waals surface area contributed by atoms with Gasteiger partial charge in [-0.25, -0.2) is 0 Å². The second-order valence-electron chi connectivity index (χ2n) is 10.1. The Kier molecular flexibility index (Phi) is 3.57. The highest BCUT2D eigenvalue weighted by Crippen LogP contribution is 2.63. The first-order chi connectivity index (χ1) is 11.2. The molecule has 2 saturated carbocycles. The molecule has 2 nitrogen and oxygen atoms in total. The van der Waals surface area contributed by atoms with Crippen molar-refractivity contribution in [3.63, 3.8) is 0 Å². The van der Waals surface area contributed by atoms with Crippen molar-refractivity contribution in [2.45, 2.75) is 66.2 Å². The van der Waals surface area contributed by atoms with Crippen LogP contribution in [0.15, 0.2) is 23.3 Å². The van der Waals surface area contributed by atoms with Gasteiger partial charge in [0, 0.05) is 5.57 Å². The number of carbonyl (C=O) groups is 1. The number of fused-ring (bicyclic) bond motifs is 5. The highest BCUT2D eigenvalue weighted by molar-refractivity contribution is 5.92. The average Bonchev–Trinajstić information content (AvgIpc) is 2.95. The largest absolute Gasteiger partial charge is 0.366 e. The van der Waals surface area contributed by atoms with E-state index in [1.165, 1.54) is 32.1 Å². The molecule has 24 heavy (non-hydrogen) atoms. The van der Waals surface area contributed by atoms with Gasteiger partial charge < -0.3 is 5.73 Å². The lowest BCUT2D eigenvalue weighted by molar-refractivity contribution is -0.114. The number of hydrogen-bond acceptors (Lipinski definition) is 1. The summed E-state index contributed by atoms with van der Waals surface area (Å²) < 4.78 is 0. The molecule has 2 fully saturated rings. The maximum atomic E-state index is 11.7. The Morgan fingerprint density at radius 2 is 1.83 bits per heavy atom. The zero-order valence-corrected chi connectivity index (χ0v) is 15.8. The van der Waals surface area contributed by atoms with Gasteiger partial charge in [0.15, 0.2) is 0 Å². The van der Waals surface area contributed by atoms with Crippen molar-refractivity contribution >= 4 is 5.91 Å². The van der Waals surface area contributed by atoms with Crippen molar-refractivity contribution in [2.24, 2.45) is 46.2 Å². The Bertz CT molecular complexity index is 624. The van der Waals surface area contributed by atoms with Gasteiger partial charge in [-0.1, -0.05) is 45.4 Å². The predicted octanol–water partition coefficient (Wildman–Crippen LogP) is 4.85. The summed E-state index contributed by atoms with van der Waals surface area (Å²) in [5, 5.41) is 0. The standard InChI is InChI=1S/C22H33NO/c1-21(2)10-9-13-5-7-16-17(19(13)22(21,3)4)8-6-14-11-15(20(23)24)12-18(14)16/h9,11,14,16-19H,5-8,10,12H2,1-4H3,(H2,23,24). The smallest absolute Gasteiger partial charge is 0.244 e. The topological polar surface area (TPSA) is 43.1 Å². The van der Waals surface area contributed by atoms with E-state index in [0.29, 0.717) is 22.7 Å². The third kappa shape index (κ3) is 2.17. The highest BCUT2D eigenvalue weighted by Gasteiger charge is 2.55. The molecule has 2 N–H and O–H groups in total. The van der Waals surface area contributed by atoms with Crippen LogP contribution in [0, 0.1) is 40.4 Å². The molecule has 0 saturated heterocycles. The van der Waals surface area contributed by atoms with Gasteiger partial charge in [-0.3, -0.25) is 4.79 Å². The summed E-state index contributed by atoms with van der Waals surface area (Å²) in [6.07, 6.45) is 12.2. The SMILES string of the molecule is CC1(C)CC=C2CCC3C4CC(C(N)=O)=CC4CCC3C2C1(C)C. The zero-order valence-electron chi connectivity index (χ0n) is 15.8. The number of allylic oxidation sites excluding steroid dienone is 3. The minimum Gasteiger partial charge on any atom is -0.366 e.